The number of hydrogen-bond acceptors (Lipinski definition) is 2. The van der Waals surface area contributed by atoms with Gasteiger partial charge in [-0.3, -0.25) is 0 Å². The van der Waals surface area contributed by atoms with Gasteiger partial charge >= 0.3 is 6.03 Å². The highest BCUT2D eigenvalue weighted by atomic mass is 16.3. The maximum atomic E-state index is 12.4. The number of aliphatic hydroxyl groups is 1. The predicted molar refractivity (Wildman–Crippen MR) is 85.6 cm³/mol. The third kappa shape index (κ3) is 3.97. The van der Waals surface area contributed by atoms with Crippen molar-refractivity contribution in [1.29, 1.82) is 0 Å². The number of piperidine rings is 1. The fourth-order valence-corrected chi connectivity index (χ4v) is 2.92. The monoisotopic (exact) mass is 290 g/mol. The Morgan fingerprint density at radius 1 is 1.52 bits per heavy atom. The quantitative estimate of drug-likeness (QED) is 0.898. The standard InChI is InChI=1S/C17H26N2O2/c1-4-14-10-16(8-7-12(14)2)18-17(21)19-9-5-6-15(11-19)13(3)20/h7-8,10,13,15,20H,4-6,9,11H2,1-3H3,(H,18,21). The number of rotatable bonds is 3. The molecule has 1 aromatic rings. The van der Waals surface area contributed by atoms with Crippen molar-refractivity contribution in [2.24, 2.45) is 5.92 Å². The molecule has 0 spiro atoms. The van der Waals surface area contributed by atoms with Gasteiger partial charge in [0, 0.05) is 24.7 Å². The van der Waals surface area contributed by atoms with E-state index in [0.29, 0.717) is 6.54 Å². The zero-order chi connectivity index (χ0) is 15.4. The second kappa shape index (κ2) is 6.94. The lowest BCUT2D eigenvalue weighted by molar-refractivity contribution is 0.0766. The lowest BCUT2D eigenvalue weighted by atomic mass is 9.94. The van der Waals surface area contributed by atoms with Gasteiger partial charge in [0.2, 0.25) is 0 Å². The fraction of sp³-hybridized carbons (Fsp3) is 0.588. The molecule has 1 fully saturated rings. The van der Waals surface area contributed by atoms with Crippen LogP contribution in [0, 0.1) is 12.8 Å². The van der Waals surface area contributed by atoms with Crippen LogP contribution in [0.2, 0.25) is 0 Å². The number of carbonyl (C=O) groups is 1. The largest absolute Gasteiger partial charge is 0.393 e. The van der Waals surface area contributed by atoms with Gasteiger partial charge in [0.25, 0.3) is 0 Å². The molecular weight excluding hydrogens is 264 g/mol. The molecule has 1 saturated heterocycles. The summed E-state index contributed by atoms with van der Waals surface area (Å²) in [6, 6.07) is 5.97. The minimum absolute atomic E-state index is 0.0637. The van der Waals surface area contributed by atoms with Crippen molar-refractivity contribution in [1.82, 2.24) is 4.90 Å². The minimum Gasteiger partial charge on any atom is -0.393 e. The van der Waals surface area contributed by atoms with Crippen LogP contribution in [0.15, 0.2) is 18.2 Å². The molecule has 21 heavy (non-hydrogen) atoms. The molecule has 1 aromatic carbocycles. The zero-order valence-electron chi connectivity index (χ0n) is 13.2. The van der Waals surface area contributed by atoms with E-state index < -0.39 is 0 Å². The maximum absolute atomic E-state index is 12.4. The van der Waals surface area contributed by atoms with Gasteiger partial charge in [-0.25, -0.2) is 4.79 Å². The van der Waals surface area contributed by atoms with Crippen molar-refractivity contribution < 1.29 is 9.90 Å². The van der Waals surface area contributed by atoms with Gasteiger partial charge in [0.1, 0.15) is 0 Å². The molecule has 0 radical (unpaired) electrons. The molecule has 0 aliphatic carbocycles. The Hall–Kier alpha value is -1.55. The Morgan fingerprint density at radius 3 is 2.95 bits per heavy atom. The van der Waals surface area contributed by atoms with E-state index in [1.165, 1.54) is 11.1 Å². The number of hydrogen-bond donors (Lipinski definition) is 2. The summed E-state index contributed by atoms with van der Waals surface area (Å²) in [4.78, 5) is 14.2. The molecule has 4 nitrogen and oxygen atoms in total. The zero-order valence-corrected chi connectivity index (χ0v) is 13.2. The molecule has 0 aromatic heterocycles. The molecule has 2 atom stereocenters. The molecule has 4 heteroatoms. The number of amides is 2. The van der Waals surface area contributed by atoms with Gasteiger partial charge in [-0.05, 0) is 56.4 Å². The van der Waals surface area contributed by atoms with Gasteiger partial charge in [-0.1, -0.05) is 13.0 Å². The Kier molecular flexibility index (Phi) is 5.23. The highest BCUT2D eigenvalue weighted by Crippen LogP contribution is 2.21. The summed E-state index contributed by atoms with van der Waals surface area (Å²) in [6.45, 7) is 7.41. The number of aliphatic hydroxyl groups excluding tert-OH is 1. The molecule has 1 aliphatic heterocycles. The highest BCUT2D eigenvalue weighted by Gasteiger charge is 2.26. The van der Waals surface area contributed by atoms with Crippen molar-refractivity contribution in [2.45, 2.75) is 46.1 Å². The number of benzene rings is 1. The second-order valence-corrected chi connectivity index (χ2v) is 6.01. The van der Waals surface area contributed by atoms with Crippen LogP contribution in [0.3, 0.4) is 0 Å². The van der Waals surface area contributed by atoms with Crippen LogP contribution >= 0.6 is 0 Å². The first-order chi connectivity index (χ1) is 10.0. The summed E-state index contributed by atoms with van der Waals surface area (Å²) < 4.78 is 0. The molecule has 2 N–H and O–H groups in total. The van der Waals surface area contributed by atoms with Crippen molar-refractivity contribution in [2.75, 3.05) is 18.4 Å². The van der Waals surface area contributed by atoms with E-state index in [4.69, 9.17) is 0 Å². The lowest BCUT2D eigenvalue weighted by Gasteiger charge is -2.34. The summed E-state index contributed by atoms with van der Waals surface area (Å²) in [5, 5.41) is 12.7. The maximum Gasteiger partial charge on any atom is 0.321 e. The summed E-state index contributed by atoms with van der Waals surface area (Å²) in [5.41, 5.74) is 3.36. The van der Waals surface area contributed by atoms with Crippen LogP contribution < -0.4 is 5.32 Å². The van der Waals surface area contributed by atoms with E-state index in [9.17, 15) is 9.90 Å². The molecule has 2 amide bonds. The van der Waals surface area contributed by atoms with Crippen molar-refractivity contribution in [3.05, 3.63) is 29.3 Å². The van der Waals surface area contributed by atoms with Crippen LogP contribution in [0.1, 0.15) is 37.8 Å². The average Bonchev–Trinajstić information content (AvgIpc) is 2.49. The van der Waals surface area contributed by atoms with E-state index in [-0.39, 0.29) is 18.1 Å². The summed E-state index contributed by atoms with van der Waals surface area (Å²) in [6.07, 6.45) is 2.55. The van der Waals surface area contributed by atoms with Crippen LogP contribution in [0.4, 0.5) is 10.5 Å². The first-order valence-corrected chi connectivity index (χ1v) is 7.84. The highest BCUT2D eigenvalue weighted by molar-refractivity contribution is 5.89. The van der Waals surface area contributed by atoms with E-state index in [2.05, 4.69) is 19.2 Å². The number of likely N-dealkylation sites (tertiary alicyclic amines) is 1. The topological polar surface area (TPSA) is 52.6 Å². The Balaban J connectivity index is 2.00. The molecule has 116 valence electrons. The molecule has 2 unspecified atom stereocenters. The predicted octanol–water partition coefficient (Wildman–Crippen LogP) is 3.18. The van der Waals surface area contributed by atoms with Gasteiger partial charge in [0.05, 0.1) is 6.10 Å². The van der Waals surface area contributed by atoms with Gasteiger partial charge in [0.15, 0.2) is 0 Å². The van der Waals surface area contributed by atoms with Crippen molar-refractivity contribution in [3.8, 4) is 0 Å². The summed E-state index contributed by atoms with van der Waals surface area (Å²) in [5.74, 6) is 0.189. The molecular formula is C17H26N2O2. The number of aryl methyl sites for hydroxylation is 2. The molecule has 2 rings (SSSR count). The molecule has 1 aliphatic rings. The van der Waals surface area contributed by atoms with Crippen molar-refractivity contribution in [3.63, 3.8) is 0 Å². The van der Waals surface area contributed by atoms with Crippen LogP contribution in [-0.2, 0) is 6.42 Å². The number of carbonyl (C=O) groups excluding carboxylic acids is 1. The number of nitrogens with one attached hydrogen (secondary N) is 1. The lowest BCUT2D eigenvalue weighted by Crippen LogP contribution is -2.44. The van der Waals surface area contributed by atoms with Crippen molar-refractivity contribution >= 4 is 11.7 Å². The second-order valence-electron chi connectivity index (χ2n) is 6.01. The first-order valence-electron chi connectivity index (χ1n) is 7.84. The average molecular weight is 290 g/mol. The van der Waals surface area contributed by atoms with E-state index in [1.807, 2.05) is 23.1 Å². The summed E-state index contributed by atoms with van der Waals surface area (Å²) in [7, 11) is 0. The SMILES string of the molecule is CCc1cc(NC(=O)N2CCCC(C(C)O)C2)ccc1C. The van der Waals surface area contributed by atoms with E-state index in [1.54, 1.807) is 6.92 Å². The number of nitrogens with zero attached hydrogens (tertiary/aromatic N) is 1. The third-order valence-electron chi connectivity index (χ3n) is 4.41. The molecule has 1 heterocycles. The number of urea groups is 1. The molecule has 0 saturated carbocycles. The van der Waals surface area contributed by atoms with Gasteiger partial charge in [-0.2, -0.15) is 0 Å². The van der Waals surface area contributed by atoms with E-state index >= 15 is 0 Å². The van der Waals surface area contributed by atoms with E-state index in [0.717, 1.165) is 31.5 Å². The van der Waals surface area contributed by atoms with Crippen LogP contribution in [0.25, 0.3) is 0 Å². The Labute approximate surface area is 127 Å². The van der Waals surface area contributed by atoms with Crippen LogP contribution in [-0.4, -0.2) is 35.2 Å². The smallest absolute Gasteiger partial charge is 0.321 e. The first kappa shape index (κ1) is 15.8. The third-order valence-corrected chi connectivity index (χ3v) is 4.41. The van der Waals surface area contributed by atoms with Gasteiger partial charge < -0.3 is 15.3 Å². The Morgan fingerprint density at radius 2 is 2.29 bits per heavy atom. The number of anilines is 1. The van der Waals surface area contributed by atoms with Crippen LogP contribution in [0.5, 0.6) is 0 Å². The minimum atomic E-state index is -0.355. The normalized spacial score (nSPS) is 20.2. The Bertz CT molecular complexity index is 500. The summed E-state index contributed by atoms with van der Waals surface area (Å²) >= 11 is 0. The molecule has 0 bridgehead atoms. The fourth-order valence-electron chi connectivity index (χ4n) is 2.92. The van der Waals surface area contributed by atoms with Gasteiger partial charge in [-0.15, -0.1) is 0 Å².